The zero-order chi connectivity index (χ0) is 5.70. The van der Waals surface area contributed by atoms with E-state index < -0.39 is 5.97 Å². The van der Waals surface area contributed by atoms with Crippen molar-refractivity contribution in [1.82, 2.24) is 0 Å². The van der Waals surface area contributed by atoms with Crippen LogP contribution in [0.15, 0.2) is 0 Å². The molecule has 4 nitrogen and oxygen atoms in total. The molecular weight excluding hydrogens is 96.0 g/mol. The van der Waals surface area contributed by atoms with Crippen LogP contribution in [0, 0.1) is 0 Å². The van der Waals surface area contributed by atoms with Gasteiger partial charge in [-0.05, 0) is 0 Å². The van der Waals surface area contributed by atoms with Gasteiger partial charge >= 0.3 is 5.97 Å². The first-order chi connectivity index (χ1) is 3.31. The second-order valence-electron chi connectivity index (χ2n) is 0.911. The van der Waals surface area contributed by atoms with Gasteiger partial charge in [-0.2, -0.15) is 0 Å². The standard InChI is InChI=1S/C3H6N2O2/c1-7-3(6)2-5-4/h5H,2H2,1H3. The Hall–Kier alpha value is -0.930. The maximum absolute atomic E-state index is 9.97. The minimum atomic E-state index is -0.484. The Bertz CT molecular complexity index is 81.0. The molecule has 0 fully saturated rings. The molecule has 0 saturated heterocycles. The lowest BCUT2D eigenvalue weighted by molar-refractivity contribution is -0.470. The maximum Gasteiger partial charge on any atom is 0.371 e. The minimum absolute atomic E-state index is 0.156. The first-order valence-electron chi connectivity index (χ1n) is 1.75. The monoisotopic (exact) mass is 102 g/mol. The van der Waals surface area contributed by atoms with E-state index in [0.717, 1.165) is 0 Å². The van der Waals surface area contributed by atoms with Crippen molar-refractivity contribution >= 4 is 5.97 Å². The fourth-order valence-electron chi connectivity index (χ4n) is 0.137. The van der Waals surface area contributed by atoms with E-state index in [4.69, 9.17) is 5.53 Å². The van der Waals surface area contributed by atoms with Gasteiger partial charge in [-0.1, -0.05) is 0 Å². The lowest BCUT2D eigenvalue weighted by Crippen LogP contribution is -2.65. The van der Waals surface area contributed by atoms with Crippen molar-refractivity contribution in [1.29, 1.82) is 0 Å². The van der Waals surface area contributed by atoms with Crippen LogP contribution in [0.25, 0.3) is 5.53 Å². The summed E-state index contributed by atoms with van der Waals surface area (Å²) in [6.07, 6.45) is 0. The minimum Gasteiger partial charge on any atom is -0.508 e. The predicted octanol–water partition coefficient (Wildman–Crippen LogP) is -1.74. The van der Waals surface area contributed by atoms with Gasteiger partial charge in [0.05, 0.1) is 7.11 Å². The molecule has 0 spiro atoms. The second kappa shape index (κ2) is 3.27. The molecule has 0 radical (unpaired) electrons. The molecule has 0 heterocycles. The first-order valence-corrected chi connectivity index (χ1v) is 1.75. The van der Waals surface area contributed by atoms with Gasteiger partial charge in [0.1, 0.15) is 0 Å². The topological polar surface area (TPSA) is 62.6 Å². The van der Waals surface area contributed by atoms with Gasteiger partial charge in [0.2, 0.25) is 6.54 Å². The third-order valence-electron chi connectivity index (χ3n) is 0.451. The largest absolute Gasteiger partial charge is 0.508 e. The van der Waals surface area contributed by atoms with Gasteiger partial charge in [-0.25, -0.2) is 4.79 Å². The number of ether oxygens (including phenoxy) is 1. The molecular formula is C3H6N2O2. The summed E-state index contributed by atoms with van der Waals surface area (Å²) in [5.41, 5.74) is 7.82. The zero-order valence-corrected chi connectivity index (χ0v) is 3.97. The van der Waals surface area contributed by atoms with Gasteiger partial charge < -0.3 is 15.4 Å². The lowest BCUT2D eigenvalue weighted by Gasteiger charge is -1.87. The summed E-state index contributed by atoms with van der Waals surface area (Å²) in [4.78, 5) is 9.97. The summed E-state index contributed by atoms with van der Waals surface area (Å²) in [6, 6.07) is 0. The summed E-state index contributed by atoms with van der Waals surface area (Å²) in [7, 11) is 1.25. The van der Waals surface area contributed by atoms with E-state index >= 15 is 0 Å². The Morgan fingerprint density at radius 2 is 2.57 bits per heavy atom. The summed E-state index contributed by atoms with van der Waals surface area (Å²) < 4.78 is 4.13. The van der Waals surface area contributed by atoms with E-state index in [1.165, 1.54) is 7.11 Å². The van der Waals surface area contributed by atoms with E-state index in [0.29, 0.717) is 0 Å². The summed E-state index contributed by atoms with van der Waals surface area (Å²) in [5, 5.41) is 1.64. The van der Waals surface area contributed by atoms with Crippen molar-refractivity contribution in [3.05, 3.63) is 5.53 Å². The average molecular weight is 102 g/mol. The van der Waals surface area contributed by atoms with E-state index in [9.17, 15) is 4.79 Å². The van der Waals surface area contributed by atoms with Crippen molar-refractivity contribution in [3.63, 3.8) is 0 Å². The molecule has 0 atom stereocenters. The van der Waals surface area contributed by atoms with Crippen LogP contribution in [0.5, 0.6) is 0 Å². The smallest absolute Gasteiger partial charge is 0.371 e. The number of nitrogens with zero attached hydrogens (tertiary/aromatic N) is 1. The number of hydrogen-bond donors (Lipinski definition) is 1. The number of rotatable bonds is 2. The van der Waals surface area contributed by atoms with Gasteiger partial charge in [0, 0.05) is 0 Å². The van der Waals surface area contributed by atoms with Crippen molar-refractivity contribution in [2.24, 2.45) is 0 Å². The molecule has 0 aliphatic heterocycles. The summed E-state index contributed by atoms with van der Waals surface area (Å²) in [6.45, 7) is -0.156. The van der Waals surface area contributed by atoms with Crippen LogP contribution in [-0.4, -0.2) is 19.6 Å². The van der Waals surface area contributed by atoms with Crippen molar-refractivity contribution in [3.8, 4) is 0 Å². The molecule has 4 heteroatoms. The number of nitrogens with one attached hydrogen (secondary N) is 1. The van der Waals surface area contributed by atoms with Gasteiger partial charge in [-0.15, -0.1) is 0 Å². The number of methoxy groups -OCH3 is 1. The highest BCUT2D eigenvalue weighted by Crippen LogP contribution is 1.59. The first kappa shape index (κ1) is 6.07. The maximum atomic E-state index is 9.97. The van der Waals surface area contributed by atoms with Crippen LogP contribution < -0.4 is 5.11 Å². The van der Waals surface area contributed by atoms with Gasteiger partial charge in [0.15, 0.2) is 0 Å². The number of carbonyl (C=O) groups is 1. The summed E-state index contributed by atoms with van der Waals surface area (Å²) in [5.74, 6) is -0.484. The van der Waals surface area contributed by atoms with E-state index in [1.54, 1.807) is 5.11 Å². The molecule has 0 saturated carbocycles. The van der Waals surface area contributed by atoms with Crippen LogP contribution >= 0.6 is 0 Å². The highest BCUT2D eigenvalue weighted by molar-refractivity contribution is 5.69. The lowest BCUT2D eigenvalue weighted by atomic mass is 10.7. The van der Waals surface area contributed by atoms with E-state index in [1.807, 2.05) is 0 Å². The van der Waals surface area contributed by atoms with E-state index in [2.05, 4.69) is 4.74 Å². The SMILES string of the molecule is COC(=O)C[NH+]=[N-]. The molecule has 0 aromatic rings. The van der Waals surface area contributed by atoms with Crippen molar-refractivity contribution in [2.45, 2.75) is 0 Å². The Morgan fingerprint density at radius 3 is 2.71 bits per heavy atom. The fourth-order valence-corrected chi connectivity index (χ4v) is 0.137. The van der Waals surface area contributed by atoms with Crippen LogP contribution in [0.4, 0.5) is 0 Å². The molecule has 0 aromatic carbocycles. The van der Waals surface area contributed by atoms with Crippen LogP contribution in [0.1, 0.15) is 0 Å². The van der Waals surface area contributed by atoms with Crippen LogP contribution in [0.3, 0.4) is 0 Å². The second-order valence-corrected chi connectivity index (χ2v) is 0.911. The molecule has 40 valence electrons. The van der Waals surface area contributed by atoms with Gasteiger partial charge in [0.25, 0.3) is 0 Å². The molecule has 1 N–H and O–H groups in total. The van der Waals surface area contributed by atoms with Crippen LogP contribution in [-0.2, 0) is 9.53 Å². The van der Waals surface area contributed by atoms with E-state index in [-0.39, 0.29) is 6.54 Å². The molecule has 0 aliphatic rings. The van der Waals surface area contributed by atoms with Crippen molar-refractivity contribution in [2.75, 3.05) is 13.7 Å². The molecule has 0 aromatic heterocycles. The average Bonchev–Trinajstić information content (AvgIpc) is 1.68. The third-order valence-corrected chi connectivity index (χ3v) is 0.451. The predicted molar refractivity (Wildman–Crippen MR) is 21.2 cm³/mol. The third kappa shape index (κ3) is 2.88. The molecule has 0 bridgehead atoms. The van der Waals surface area contributed by atoms with Crippen molar-refractivity contribution < 1.29 is 14.6 Å². The molecule has 0 unspecified atom stereocenters. The Kier molecular flexibility index (Phi) is 2.83. The van der Waals surface area contributed by atoms with Crippen LogP contribution in [0.2, 0.25) is 0 Å². The number of carbonyl (C=O) groups excluding carboxylic acids is 1. The zero-order valence-electron chi connectivity index (χ0n) is 3.97. The quantitative estimate of drug-likeness (QED) is 0.332. The summed E-state index contributed by atoms with van der Waals surface area (Å²) >= 11 is 0. The molecule has 7 heavy (non-hydrogen) atoms. The Morgan fingerprint density at radius 1 is 2.00 bits per heavy atom. The Labute approximate surface area is 41.0 Å². The molecule has 0 rings (SSSR count). The normalized spacial score (nSPS) is 7.57. The fraction of sp³-hybridized carbons (Fsp3) is 0.667. The highest BCUT2D eigenvalue weighted by Gasteiger charge is 1.95. The number of esters is 1. The molecule has 0 amide bonds. The number of hydrogen-bond acceptors (Lipinski definition) is 2. The highest BCUT2D eigenvalue weighted by atomic mass is 16.5. The Balaban J connectivity index is 3.17. The molecule has 0 aliphatic carbocycles. The van der Waals surface area contributed by atoms with Gasteiger partial charge in [-0.3, -0.25) is 0 Å².